The van der Waals surface area contributed by atoms with E-state index in [1.807, 2.05) is 0 Å². The average molecular weight is 922 g/mol. The second-order valence-electron chi connectivity index (χ2n) is 20.0. The van der Waals surface area contributed by atoms with E-state index in [9.17, 15) is 0 Å². The fourth-order valence-electron chi connectivity index (χ4n) is 11.7. The molecule has 0 atom stereocenters. The van der Waals surface area contributed by atoms with Crippen LogP contribution in [0.25, 0.3) is 21.5 Å². The van der Waals surface area contributed by atoms with Crippen LogP contribution in [0.4, 0.5) is 11.4 Å². The third kappa shape index (κ3) is 8.95. The number of anilines is 1. The van der Waals surface area contributed by atoms with Crippen LogP contribution in [0.15, 0.2) is 229 Å². The van der Waals surface area contributed by atoms with Crippen molar-refractivity contribution in [2.75, 3.05) is 18.0 Å². The first-order chi connectivity index (χ1) is 33.6. The topological polar surface area (TPSA) is 6.25 Å². The molecule has 10 rings (SSSR count). The maximum Gasteiger partial charge on any atom is 0.210 e. The predicted molar refractivity (Wildman–Crippen MR) is 302 cm³/mol. The van der Waals surface area contributed by atoms with E-state index in [1.165, 1.54) is 77.3 Å². The molecular formula is C65H66BClN2. The zero-order chi connectivity index (χ0) is 48.0. The van der Waals surface area contributed by atoms with Crippen LogP contribution >= 0.6 is 11.6 Å². The van der Waals surface area contributed by atoms with Gasteiger partial charge < -0.3 is 4.90 Å². The van der Waals surface area contributed by atoms with E-state index in [-0.39, 0.29) is 10.8 Å². The van der Waals surface area contributed by atoms with Gasteiger partial charge >= 0.3 is 0 Å². The molecule has 0 fully saturated rings. The Bertz CT molecular complexity index is 3020. The maximum absolute atomic E-state index is 7.02. The summed E-state index contributed by atoms with van der Waals surface area (Å²) in [5.74, 6) is 0. The van der Waals surface area contributed by atoms with Gasteiger partial charge in [0.1, 0.15) is 12.7 Å². The van der Waals surface area contributed by atoms with Crippen LogP contribution in [0.5, 0.6) is 0 Å². The van der Waals surface area contributed by atoms with Crippen LogP contribution in [-0.4, -0.2) is 29.5 Å². The molecule has 2 aliphatic heterocycles. The summed E-state index contributed by atoms with van der Waals surface area (Å²) in [4.78, 5) is 2.53. The Labute approximate surface area is 416 Å². The van der Waals surface area contributed by atoms with Crippen LogP contribution < -0.4 is 26.8 Å². The molecule has 0 aromatic heterocycles. The van der Waals surface area contributed by atoms with Crippen molar-refractivity contribution in [3.63, 3.8) is 0 Å². The molecule has 2 nitrogen and oxygen atoms in total. The zero-order valence-electron chi connectivity index (χ0n) is 41.4. The van der Waals surface area contributed by atoms with Crippen molar-refractivity contribution in [3.8, 4) is 0 Å². The first-order valence-corrected chi connectivity index (χ1v) is 25.6. The number of allylic oxidation sites excluding steroid dienone is 6. The SMILES string of the molecule is CCCCN1/C(=C/C=C(Cl)/C=C/C2=[N+](CCCC)c3ccc4ccccc4c3C2(C)C)C(C)(C)c2c1ccc1ccccc21.c1ccc([B-](c2ccccc2)(c2ccccc2)c2ccccc2)cc1. The highest BCUT2D eigenvalue weighted by atomic mass is 35.5. The lowest BCUT2D eigenvalue weighted by atomic mass is 9.13. The van der Waals surface area contributed by atoms with Gasteiger partial charge in [-0.2, -0.15) is 26.4 Å². The van der Waals surface area contributed by atoms with Gasteiger partial charge in [-0.3, -0.25) is 0 Å². The third-order valence-electron chi connectivity index (χ3n) is 15.0. The normalized spacial score (nSPS) is 15.7. The summed E-state index contributed by atoms with van der Waals surface area (Å²) in [6, 6.07) is 70.2. The average Bonchev–Trinajstić information content (AvgIpc) is 3.75. The molecule has 0 N–H and O–H groups in total. The van der Waals surface area contributed by atoms with Crippen molar-refractivity contribution >= 4 is 78.2 Å². The first-order valence-electron chi connectivity index (χ1n) is 25.2. The van der Waals surface area contributed by atoms with Crippen LogP contribution in [0.1, 0.15) is 78.4 Å². The van der Waals surface area contributed by atoms with Crippen LogP contribution in [0, 0.1) is 0 Å². The molecule has 346 valence electrons. The molecular weight excluding hydrogens is 855 g/mol. The third-order valence-corrected chi connectivity index (χ3v) is 15.2. The van der Waals surface area contributed by atoms with Crippen molar-refractivity contribution in [2.45, 2.75) is 78.1 Å². The number of rotatable bonds is 13. The largest absolute Gasteiger partial charge is 0.344 e. The van der Waals surface area contributed by atoms with E-state index in [1.54, 1.807) is 0 Å². The Hall–Kier alpha value is -6.68. The maximum atomic E-state index is 7.02. The minimum Gasteiger partial charge on any atom is -0.344 e. The highest BCUT2D eigenvalue weighted by molar-refractivity contribution is 7.19. The molecule has 2 heterocycles. The molecule has 0 aliphatic carbocycles. The number of nitrogens with zero attached hydrogens (tertiary/aromatic N) is 2. The fourth-order valence-corrected chi connectivity index (χ4v) is 11.8. The summed E-state index contributed by atoms with van der Waals surface area (Å²) < 4.78 is 2.53. The van der Waals surface area contributed by atoms with E-state index in [4.69, 9.17) is 11.6 Å². The van der Waals surface area contributed by atoms with Crippen molar-refractivity contribution in [1.82, 2.24) is 0 Å². The van der Waals surface area contributed by atoms with Gasteiger partial charge in [0.05, 0.1) is 5.41 Å². The van der Waals surface area contributed by atoms with E-state index < -0.39 is 6.15 Å². The molecule has 8 aromatic rings. The van der Waals surface area contributed by atoms with E-state index in [0.717, 1.165) is 43.8 Å². The summed E-state index contributed by atoms with van der Waals surface area (Å²) in [5.41, 5.74) is 13.2. The molecule has 0 unspecified atom stereocenters. The lowest BCUT2D eigenvalue weighted by Gasteiger charge is -2.44. The monoisotopic (exact) mass is 921 g/mol. The second-order valence-corrected chi connectivity index (χ2v) is 20.4. The van der Waals surface area contributed by atoms with Crippen molar-refractivity contribution < 1.29 is 4.58 Å². The lowest BCUT2D eigenvalue weighted by Crippen LogP contribution is -2.74. The molecule has 69 heavy (non-hydrogen) atoms. The quantitative estimate of drug-likeness (QED) is 0.0634. The number of halogens is 1. The predicted octanol–water partition coefficient (Wildman–Crippen LogP) is 14.4. The fraction of sp³-hybridized carbons (Fsp3) is 0.215. The van der Waals surface area contributed by atoms with Gasteiger partial charge in [-0.25, -0.2) is 0 Å². The first kappa shape index (κ1) is 47.4. The Kier molecular flexibility index (Phi) is 14.1. The summed E-state index contributed by atoms with van der Waals surface area (Å²) in [6.45, 7) is 16.0. The van der Waals surface area contributed by atoms with Crippen LogP contribution in [0.2, 0.25) is 0 Å². The van der Waals surface area contributed by atoms with Gasteiger partial charge in [0, 0.05) is 52.5 Å². The van der Waals surface area contributed by atoms with Crippen molar-refractivity contribution in [1.29, 1.82) is 0 Å². The molecule has 0 saturated carbocycles. The molecule has 0 bridgehead atoms. The summed E-state index contributed by atoms with van der Waals surface area (Å²) in [5, 5.41) is 6.02. The van der Waals surface area contributed by atoms with Gasteiger partial charge in [0.2, 0.25) is 5.69 Å². The Balaban J connectivity index is 0.000000200. The zero-order valence-corrected chi connectivity index (χ0v) is 42.1. The minimum absolute atomic E-state index is 0.136. The number of benzene rings is 8. The highest BCUT2D eigenvalue weighted by Crippen LogP contribution is 2.51. The minimum atomic E-state index is -1.22. The molecule has 0 radical (unpaired) electrons. The van der Waals surface area contributed by atoms with Gasteiger partial charge in [-0.15, -0.1) is 0 Å². The van der Waals surface area contributed by atoms with Crippen molar-refractivity contribution in [2.24, 2.45) is 0 Å². The van der Waals surface area contributed by atoms with Crippen molar-refractivity contribution in [3.05, 3.63) is 240 Å². The van der Waals surface area contributed by atoms with Gasteiger partial charge in [-0.1, -0.05) is 228 Å². The summed E-state index contributed by atoms with van der Waals surface area (Å²) in [6.07, 6.45) is 12.1. The summed E-state index contributed by atoms with van der Waals surface area (Å²) >= 11 is 7.02. The molecule has 8 aromatic carbocycles. The van der Waals surface area contributed by atoms with Crippen LogP contribution in [0.3, 0.4) is 0 Å². The number of unbranched alkanes of at least 4 members (excludes halogenated alkanes) is 2. The molecule has 0 saturated heterocycles. The molecule has 0 spiro atoms. The number of hydrogen-bond donors (Lipinski definition) is 0. The van der Waals surface area contributed by atoms with Gasteiger partial charge in [0.25, 0.3) is 0 Å². The number of hydrogen-bond acceptors (Lipinski definition) is 1. The smallest absolute Gasteiger partial charge is 0.210 e. The standard InChI is InChI=1S/C41H46ClN2.C24H20B/c1-7-9-27-43-34-23-19-29-15-11-13-17-32(29)38(34)40(3,4)36(43)25-21-31(42)22-26-37-41(5,6)39-33-18-14-12-16-30(33)20-24-35(39)44(37)28-10-8-2;1-5-13-21(14-6-1)25(22-15-7-2-8-16-22,23-17-9-3-10-18-23)24-19-11-4-12-20-24/h11-26H,7-10,27-28H2,1-6H3;1-20H/q+1;-1. The van der Waals surface area contributed by atoms with E-state index in [0.29, 0.717) is 0 Å². The molecule has 0 amide bonds. The Morgan fingerprint density at radius 3 is 1.51 bits per heavy atom. The Morgan fingerprint density at radius 1 is 0.536 bits per heavy atom. The number of fused-ring (bicyclic) bond motifs is 6. The van der Waals surface area contributed by atoms with Gasteiger partial charge in [0.15, 0.2) is 5.71 Å². The van der Waals surface area contributed by atoms with E-state index in [2.05, 4.69) is 269 Å². The van der Waals surface area contributed by atoms with Gasteiger partial charge in [-0.05, 0) is 77.7 Å². The molecule has 4 heteroatoms. The molecule has 2 aliphatic rings. The van der Waals surface area contributed by atoms with Crippen LogP contribution in [-0.2, 0) is 10.8 Å². The van der Waals surface area contributed by atoms with E-state index >= 15 is 0 Å². The Morgan fingerprint density at radius 2 is 1.00 bits per heavy atom. The summed E-state index contributed by atoms with van der Waals surface area (Å²) in [7, 11) is 0. The highest BCUT2D eigenvalue weighted by Gasteiger charge is 2.45. The lowest BCUT2D eigenvalue weighted by molar-refractivity contribution is -0.438. The second kappa shape index (κ2) is 20.5.